The lowest BCUT2D eigenvalue weighted by atomic mass is 10.0. The van der Waals surface area contributed by atoms with Crippen molar-refractivity contribution in [1.82, 2.24) is 5.32 Å². The monoisotopic (exact) mass is 1130 g/mol. The van der Waals surface area contributed by atoms with Crippen molar-refractivity contribution in [2.24, 2.45) is 0 Å². The Kier molecular flexibility index (Phi) is 57.6. The van der Waals surface area contributed by atoms with E-state index in [-0.39, 0.29) is 31.5 Å². The van der Waals surface area contributed by atoms with E-state index < -0.39 is 20.0 Å². The molecule has 0 saturated heterocycles. The Morgan fingerprint density at radius 3 is 1.18 bits per heavy atom. The van der Waals surface area contributed by atoms with Crippen LogP contribution in [0.4, 0.5) is 0 Å². The van der Waals surface area contributed by atoms with Crippen molar-refractivity contribution in [2.75, 3.05) is 40.9 Å². The van der Waals surface area contributed by atoms with Crippen LogP contribution >= 0.6 is 7.82 Å². The van der Waals surface area contributed by atoms with Gasteiger partial charge in [0, 0.05) is 12.8 Å². The molecule has 10 heteroatoms. The first-order valence-electron chi connectivity index (χ1n) is 34.0. The molecule has 0 aromatic heterocycles. The van der Waals surface area contributed by atoms with Gasteiger partial charge >= 0.3 is 13.8 Å². The molecule has 9 nitrogen and oxygen atoms in total. The average molecular weight is 1130 g/mol. The van der Waals surface area contributed by atoms with Gasteiger partial charge < -0.3 is 19.4 Å². The normalized spacial score (nSPS) is 13.9. The zero-order valence-electron chi connectivity index (χ0n) is 53.1. The Labute approximate surface area is 490 Å². The van der Waals surface area contributed by atoms with Crippen LogP contribution in [0.15, 0.2) is 48.6 Å². The van der Waals surface area contributed by atoms with E-state index in [9.17, 15) is 19.0 Å². The number of hydrogen-bond acceptors (Lipinski definition) is 6. The number of nitrogens with one attached hydrogen (secondary N) is 1. The second-order valence-electron chi connectivity index (χ2n) is 24.4. The fraction of sp³-hybridized carbons (Fsp3) is 0.855. The third kappa shape index (κ3) is 60.4. The SMILES string of the molecule is CCCCC/C=C/C=C/CCCCCCCCC(=O)OC(/C=C\CCCCCCCCCCCCC)C(COP(=O)(O)OCC[N+](C)(C)C)NC(=O)CCCCCCCCCCCCCCCCC/C=C/CCCCCCCC. The molecule has 2 N–H and O–H groups in total. The van der Waals surface area contributed by atoms with Crippen molar-refractivity contribution in [3.63, 3.8) is 0 Å². The van der Waals surface area contributed by atoms with Gasteiger partial charge in [0.2, 0.25) is 5.91 Å². The van der Waals surface area contributed by atoms with Crippen molar-refractivity contribution >= 4 is 19.7 Å². The van der Waals surface area contributed by atoms with Crippen LogP contribution in [0.5, 0.6) is 0 Å². The molecule has 0 aromatic rings. The summed E-state index contributed by atoms with van der Waals surface area (Å²) in [5.41, 5.74) is 0. The molecular formula is C69H132N2O7P+. The Hall–Kier alpha value is -2.03. The minimum Gasteiger partial charge on any atom is -0.456 e. The first kappa shape index (κ1) is 77.0. The lowest BCUT2D eigenvalue weighted by Gasteiger charge is -2.27. The summed E-state index contributed by atoms with van der Waals surface area (Å²) in [6, 6.07) is -0.852. The second-order valence-corrected chi connectivity index (χ2v) is 25.8. The first-order valence-corrected chi connectivity index (χ1v) is 35.5. The molecule has 0 radical (unpaired) electrons. The number of carbonyl (C=O) groups excluding carboxylic acids is 2. The van der Waals surface area contributed by atoms with Gasteiger partial charge in [0.1, 0.15) is 19.3 Å². The van der Waals surface area contributed by atoms with Gasteiger partial charge in [0.15, 0.2) is 0 Å². The molecular weight excluding hydrogens is 1000 g/mol. The smallest absolute Gasteiger partial charge is 0.456 e. The minimum absolute atomic E-state index is 0.0393. The van der Waals surface area contributed by atoms with Gasteiger partial charge in [0.25, 0.3) is 0 Å². The van der Waals surface area contributed by atoms with Gasteiger partial charge in [-0.05, 0) is 83.1 Å². The number of ether oxygens (including phenoxy) is 1. The molecule has 79 heavy (non-hydrogen) atoms. The van der Waals surface area contributed by atoms with Crippen molar-refractivity contribution in [3.05, 3.63) is 48.6 Å². The molecule has 0 rings (SSSR count). The van der Waals surface area contributed by atoms with Crippen LogP contribution in [0.3, 0.4) is 0 Å². The van der Waals surface area contributed by atoms with Crippen LogP contribution in [0.2, 0.25) is 0 Å². The molecule has 0 aliphatic heterocycles. The summed E-state index contributed by atoms with van der Waals surface area (Å²) in [6.45, 7) is 7.01. The molecule has 3 unspecified atom stereocenters. The second kappa shape index (κ2) is 59.1. The van der Waals surface area contributed by atoms with Crippen LogP contribution in [0.1, 0.15) is 329 Å². The molecule has 464 valence electrons. The number of nitrogens with zero attached hydrogens (tertiary/aromatic N) is 1. The van der Waals surface area contributed by atoms with Crippen LogP contribution < -0.4 is 5.32 Å². The fourth-order valence-corrected chi connectivity index (χ4v) is 10.7. The maximum Gasteiger partial charge on any atom is 0.472 e. The maximum atomic E-state index is 13.6. The number of rotatable bonds is 62. The van der Waals surface area contributed by atoms with Gasteiger partial charge in [-0.3, -0.25) is 18.6 Å². The topological polar surface area (TPSA) is 111 Å². The summed E-state index contributed by atoms with van der Waals surface area (Å²) in [4.78, 5) is 37.8. The van der Waals surface area contributed by atoms with Crippen LogP contribution in [0, 0.1) is 0 Å². The molecule has 0 fully saturated rings. The Balaban J connectivity index is 5.09. The lowest BCUT2D eigenvalue weighted by molar-refractivity contribution is -0.870. The molecule has 0 spiro atoms. The zero-order chi connectivity index (χ0) is 57.9. The Morgan fingerprint density at radius 1 is 0.443 bits per heavy atom. The Morgan fingerprint density at radius 2 is 0.772 bits per heavy atom. The van der Waals surface area contributed by atoms with Crippen LogP contribution in [-0.2, 0) is 27.9 Å². The Bertz CT molecular complexity index is 1490. The van der Waals surface area contributed by atoms with Crippen molar-refractivity contribution in [1.29, 1.82) is 0 Å². The van der Waals surface area contributed by atoms with E-state index in [1.807, 2.05) is 33.3 Å². The molecule has 0 heterocycles. The number of esters is 1. The number of phosphoric ester groups is 1. The highest BCUT2D eigenvalue weighted by atomic mass is 31.2. The number of phosphoric acid groups is 1. The van der Waals surface area contributed by atoms with Gasteiger partial charge in [-0.15, -0.1) is 0 Å². The molecule has 3 atom stereocenters. The number of quaternary nitrogens is 1. The number of allylic oxidation sites excluding steroid dienone is 7. The number of carbonyl (C=O) groups is 2. The number of unbranched alkanes of at least 4 members (excludes halogenated alkanes) is 41. The molecule has 0 aliphatic carbocycles. The number of hydrogen-bond donors (Lipinski definition) is 2. The summed E-state index contributed by atoms with van der Waals surface area (Å²) in [7, 11) is 1.50. The molecule has 0 bridgehead atoms. The summed E-state index contributed by atoms with van der Waals surface area (Å²) in [5.74, 6) is -0.506. The number of likely N-dealkylation sites (N-methyl/N-ethyl adjacent to an activating group) is 1. The first-order chi connectivity index (χ1) is 38.4. The molecule has 0 aliphatic rings. The van der Waals surface area contributed by atoms with E-state index in [1.54, 1.807) is 0 Å². The maximum absolute atomic E-state index is 13.6. The average Bonchev–Trinajstić information content (AvgIpc) is 3.41. The highest BCUT2D eigenvalue weighted by molar-refractivity contribution is 7.47. The quantitative estimate of drug-likeness (QED) is 0.0156. The van der Waals surface area contributed by atoms with E-state index in [2.05, 4.69) is 62.5 Å². The van der Waals surface area contributed by atoms with Crippen molar-refractivity contribution in [2.45, 2.75) is 341 Å². The number of amides is 1. The van der Waals surface area contributed by atoms with E-state index in [1.165, 1.54) is 218 Å². The van der Waals surface area contributed by atoms with E-state index >= 15 is 0 Å². The molecule has 0 aromatic carbocycles. The van der Waals surface area contributed by atoms with Gasteiger partial charge in [-0.25, -0.2) is 4.57 Å². The molecule has 1 amide bonds. The van der Waals surface area contributed by atoms with Gasteiger partial charge in [-0.2, -0.15) is 0 Å². The van der Waals surface area contributed by atoms with Gasteiger partial charge in [-0.1, -0.05) is 282 Å². The van der Waals surface area contributed by atoms with E-state index in [0.29, 0.717) is 17.4 Å². The summed E-state index contributed by atoms with van der Waals surface area (Å²) in [6.07, 6.45) is 74.0. The third-order valence-electron chi connectivity index (χ3n) is 15.3. The summed E-state index contributed by atoms with van der Waals surface area (Å²) < 4.78 is 30.8. The molecule has 0 saturated carbocycles. The fourth-order valence-electron chi connectivity index (χ4n) is 9.99. The predicted octanol–water partition coefficient (Wildman–Crippen LogP) is 21.2. The highest BCUT2D eigenvalue weighted by Crippen LogP contribution is 2.43. The summed E-state index contributed by atoms with van der Waals surface area (Å²) in [5, 5.41) is 3.07. The van der Waals surface area contributed by atoms with Crippen LogP contribution in [-0.4, -0.2) is 74.3 Å². The standard InChI is InChI=1S/C69H131N2O7P/c1-7-10-13-16-19-22-25-28-30-31-32-33-34-35-36-37-38-39-41-43-46-49-52-55-58-61-68(72)70-66(65-77-79(74,75)76-64-63-71(4,5)6)67(60-57-54-51-48-45-42-27-24-21-18-15-12-9-3)78-69(73)62-59-56-53-50-47-44-40-29-26-23-20-17-14-11-8-2/h20,23,26,28-30,57,60,66-67H,7-19,21-22,24-25,27,31-56,58-59,61-65H2,1-6H3,(H-,70,72,74,75)/p+1/b23-20+,29-26+,30-28+,60-57-. The third-order valence-corrected chi connectivity index (χ3v) is 16.3. The van der Waals surface area contributed by atoms with E-state index in [0.717, 1.165) is 77.0 Å². The van der Waals surface area contributed by atoms with Gasteiger partial charge in [0.05, 0.1) is 33.8 Å². The highest BCUT2D eigenvalue weighted by Gasteiger charge is 2.30. The largest absolute Gasteiger partial charge is 0.472 e. The van der Waals surface area contributed by atoms with E-state index in [4.69, 9.17) is 13.8 Å². The van der Waals surface area contributed by atoms with Crippen molar-refractivity contribution in [3.8, 4) is 0 Å². The minimum atomic E-state index is -4.45. The van der Waals surface area contributed by atoms with Crippen LogP contribution in [0.25, 0.3) is 0 Å². The predicted molar refractivity (Wildman–Crippen MR) is 342 cm³/mol. The summed E-state index contributed by atoms with van der Waals surface area (Å²) >= 11 is 0. The zero-order valence-corrected chi connectivity index (χ0v) is 54.0. The van der Waals surface area contributed by atoms with Crippen molar-refractivity contribution < 1.29 is 37.3 Å². The lowest BCUT2D eigenvalue weighted by Crippen LogP contribution is -2.47.